The highest BCUT2D eigenvalue weighted by molar-refractivity contribution is 5.80. The summed E-state index contributed by atoms with van der Waals surface area (Å²) < 4.78 is 7.93. The highest BCUT2D eigenvalue weighted by Crippen LogP contribution is 2.26. The summed E-state index contributed by atoms with van der Waals surface area (Å²) in [5, 5.41) is 7.71. The molecule has 0 saturated carbocycles. The molecule has 1 aliphatic rings. The number of aliphatic imine (C=N–C) groups is 1. The maximum atomic E-state index is 6.10. The number of benzene rings is 2. The zero-order valence-corrected chi connectivity index (χ0v) is 18.5. The van der Waals surface area contributed by atoms with Crippen molar-refractivity contribution in [1.29, 1.82) is 0 Å². The second-order valence-electron chi connectivity index (χ2n) is 7.98. The Hall–Kier alpha value is -3.19. The lowest BCUT2D eigenvalue weighted by Crippen LogP contribution is -2.48. The fraction of sp³-hybridized carbons (Fsp3) is 0.375. The van der Waals surface area contributed by atoms with Crippen LogP contribution < -0.4 is 5.32 Å². The molecule has 1 atom stereocenters. The average Bonchev–Trinajstić information content (AvgIpc) is 3.28. The number of hydrogen-bond acceptors (Lipinski definition) is 4. The third-order valence-corrected chi connectivity index (χ3v) is 5.60. The molecule has 0 radical (unpaired) electrons. The minimum Gasteiger partial charge on any atom is -0.370 e. The van der Waals surface area contributed by atoms with Gasteiger partial charge in [-0.1, -0.05) is 48.0 Å². The van der Waals surface area contributed by atoms with E-state index < -0.39 is 0 Å². The van der Waals surface area contributed by atoms with Crippen molar-refractivity contribution in [3.63, 3.8) is 0 Å². The standard InChI is InChI=1S/C24H30N6O/c1-18-7-8-22(19(2)11-18)23-15-29(9-10-31-23)24(25-3)27-13-20-5-4-6-21(12-20)14-30-17-26-16-28-30/h4-8,11-12,16-17,23H,9-10,13-15H2,1-3H3,(H,25,27). The van der Waals surface area contributed by atoms with Crippen LogP contribution in [0.1, 0.15) is 33.9 Å². The van der Waals surface area contributed by atoms with Crippen molar-refractivity contribution in [2.24, 2.45) is 4.99 Å². The molecule has 4 rings (SSSR count). The van der Waals surface area contributed by atoms with Crippen LogP contribution in [0.25, 0.3) is 0 Å². The first-order chi connectivity index (χ1) is 15.1. The van der Waals surface area contributed by atoms with Crippen molar-refractivity contribution in [1.82, 2.24) is 25.0 Å². The van der Waals surface area contributed by atoms with Crippen LogP contribution in [0.3, 0.4) is 0 Å². The maximum Gasteiger partial charge on any atom is 0.194 e. The second-order valence-corrected chi connectivity index (χ2v) is 7.98. The van der Waals surface area contributed by atoms with Gasteiger partial charge in [0.25, 0.3) is 0 Å². The third kappa shape index (κ3) is 5.30. The second kappa shape index (κ2) is 9.75. The molecule has 0 amide bonds. The number of hydrogen-bond donors (Lipinski definition) is 1. The smallest absolute Gasteiger partial charge is 0.194 e. The molecule has 2 heterocycles. The highest BCUT2D eigenvalue weighted by atomic mass is 16.5. The number of aryl methyl sites for hydroxylation is 2. The molecule has 1 N–H and O–H groups in total. The van der Waals surface area contributed by atoms with Gasteiger partial charge in [0.1, 0.15) is 18.8 Å². The monoisotopic (exact) mass is 418 g/mol. The zero-order valence-electron chi connectivity index (χ0n) is 18.5. The van der Waals surface area contributed by atoms with Crippen molar-refractivity contribution in [3.8, 4) is 0 Å². The van der Waals surface area contributed by atoms with Crippen molar-refractivity contribution in [2.75, 3.05) is 26.7 Å². The molecule has 1 aromatic heterocycles. The van der Waals surface area contributed by atoms with Gasteiger partial charge in [0, 0.05) is 20.1 Å². The number of ether oxygens (including phenoxy) is 1. The van der Waals surface area contributed by atoms with E-state index in [-0.39, 0.29) is 6.10 Å². The molecular formula is C24H30N6O. The van der Waals surface area contributed by atoms with Crippen LogP contribution in [-0.2, 0) is 17.8 Å². The van der Waals surface area contributed by atoms with E-state index in [0.717, 1.165) is 19.0 Å². The molecule has 2 aromatic carbocycles. The molecule has 1 fully saturated rings. The number of morpholine rings is 1. The first-order valence-corrected chi connectivity index (χ1v) is 10.7. The molecule has 1 aliphatic heterocycles. The van der Waals surface area contributed by atoms with E-state index in [4.69, 9.17) is 4.74 Å². The van der Waals surface area contributed by atoms with E-state index in [0.29, 0.717) is 19.7 Å². The summed E-state index contributed by atoms with van der Waals surface area (Å²) in [6, 6.07) is 15.1. The van der Waals surface area contributed by atoms with Gasteiger partial charge in [-0.25, -0.2) is 9.67 Å². The highest BCUT2D eigenvalue weighted by Gasteiger charge is 2.25. The Balaban J connectivity index is 1.39. The Bertz CT molecular complexity index is 1030. The van der Waals surface area contributed by atoms with Crippen LogP contribution in [0, 0.1) is 13.8 Å². The van der Waals surface area contributed by atoms with Crippen LogP contribution in [-0.4, -0.2) is 52.4 Å². The van der Waals surface area contributed by atoms with Gasteiger partial charge in [0.05, 0.1) is 19.7 Å². The van der Waals surface area contributed by atoms with Crippen molar-refractivity contribution >= 4 is 5.96 Å². The number of aromatic nitrogens is 3. The van der Waals surface area contributed by atoms with E-state index in [1.165, 1.54) is 27.8 Å². The van der Waals surface area contributed by atoms with Gasteiger partial charge < -0.3 is 15.0 Å². The molecule has 7 nitrogen and oxygen atoms in total. The van der Waals surface area contributed by atoms with Gasteiger partial charge in [-0.05, 0) is 36.1 Å². The Morgan fingerprint density at radius 1 is 1.19 bits per heavy atom. The van der Waals surface area contributed by atoms with Crippen molar-refractivity contribution in [3.05, 3.63) is 82.9 Å². The molecule has 162 valence electrons. The fourth-order valence-corrected chi connectivity index (χ4v) is 4.07. The molecule has 0 bridgehead atoms. The number of nitrogens with one attached hydrogen (secondary N) is 1. The van der Waals surface area contributed by atoms with Crippen LogP contribution >= 0.6 is 0 Å². The Morgan fingerprint density at radius 3 is 2.84 bits per heavy atom. The van der Waals surface area contributed by atoms with E-state index in [9.17, 15) is 0 Å². The predicted octanol–water partition coefficient (Wildman–Crippen LogP) is 3.09. The van der Waals surface area contributed by atoms with Crippen LogP contribution in [0.5, 0.6) is 0 Å². The molecule has 1 unspecified atom stereocenters. The molecule has 0 aliphatic carbocycles. The first-order valence-electron chi connectivity index (χ1n) is 10.7. The molecule has 0 spiro atoms. The number of rotatable bonds is 5. The van der Waals surface area contributed by atoms with Crippen LogP contribution in [0.15, 0.2) is 60.1 Å². The Morgan fingerprint density at radius 2 is 2.06 bits per heavy atom. The summed E-state index contributed by atoms with van der Waals surface area (Å²) >= 11 is 0. The Kier molecular flexibility index (Phi) is 6.62. The summed E-state index contributed by atoms with van der Waals surface area (Å²) in [5.41, 5.74) is 6.21. The largest absolute Gasteiger partial charge is 0.370 e. The van der Waals surface area contributed by atoms with Crippen molar-refractivity contribution < 1.29 is 4.74 Å². The van der Waals surface area contributed by atoms with Gasteiger partial charge in [0.2, 0.25) is 0 Å². The van der Waals surface area contributed by atoms with Gasteiger partial charge in [-0.2, -0.15) is 5.10 Å². The molecule has 1 saturated heterocycles. The number of nitrogens with zero attached hydrogens (tertiary/aromatic N) is 5. The number of guanidine groups is 1. The lowest BCUT2D eigenvalue weighted by molar-refractivity contribution is -0.00834. The lowest BCUT2D eigenvalue weighted by Gasteiger charge is -2.36. The molecule has 3 aromatic rings. The summed E-state index contributed by atoms with van der Waals surface area (Å²) in [6.07, 6.45) is 3.35. The zero-order chi connectivity index (χ0) is 21.6. The minimum atomic E-state index is 0.0545. The molecular weight excluding hydrogens is 388 g/mol. The minimum absolute atomic E-state index is 0.0545. The summed E-state index contributed by atoms with van der Waals surface area (Å²) in [6.45, 7) is 8.00. The molecule has 31 heavy (non-hydrogen) atoms. The predicted molar refractivity (Wildman–Crippen MR) is 122 cm³/mol. The normalized spacial score (nSPS) is 17.1. The summed E-state index contributed by atoms with van der Waals surface area (Å²) in [5.74, 6) is 0.903. The third-order valence-electron chi connectivity index (χ3n) is 5.60. The summed E-state index contributed by atoms with van der Waals surface area (Å²) in [4.78, 5) is 10.8. The lowest BCUT2D eigenvalue weighted by atomic mass is 10.00. The van der Waals surface area contributed by atoms with Gasteiger partial charge >= 0.3 is 0 Å². The van der Waals surface area contributed by atoms with Crippen LogP contribution in [0.2, 0.25) is 0 Å². The van der Waals surface area contributed by atoms with Gasteiger partial charge in [-0.15, -0.1) is 0 Å². The van der Waals surface area contributed by atoms with Crippen LogP contribution in [0.4, 0.5) is 0 Å². The maximum absolute atomic E-state index is 6.10. The SMILES string of the molecule is CN=C(NCc1cccc(Cn2cncn2)c1)N1CCOC(c2ccc(C)cc2C)C1. The van der Waals surface area contributed by atoms with E-state index in [2.05, 4.69) is 81.6 Å². The summed E-state index contributed by atoms with van der Waals surface area (Å²) in [7, 11) is 1.84. The fourth-order valence-electron chi connectivity index (χ4n) is 4.07. The van der Waals surface area contributed by atoms with E-state index in [1.54, 1.807) is 12.7 Å². The van der Waals surface area contributed by atoms with E-state index in [1.807, 2.05) is 11.7 Å². The van der Waals surface area contributed by atoms with E-state index >= 15 is 0 Å². The molecule has 7 heteroatoms. The first kappa shape index (κ1) is 21.1. The van der Waals surface area contributed by atoms with Crippen molar-refractivity contribution in [2.45, 2.75) is 33.0 Å². The van der Waals surface area contributed by atoms with Gasteiger partial charge in [-0.3, -0.25) is 4.99 Å². The topological polar surface area (TPSA) is 67.6 Å². The Labute approximate surface area is 183 Å². The average molecular weight is 419 g/mol. The quantitative estimate of drug-likeness (QED) is 0.509. The van der Waals surface area contributed by atoms with Gasteiger partial charge in [0.15, 0.2) is 5.96 Å².